The molecule has 1 heterocycles. The molecule has 1 aliphatic rings. The Bertz CT molecular complexity index is 384. The minimum absolute atomic E-state index is 0.116. The van der Waals surface area contributed by atoms with Crippen LogP contribution in [0.4, 0.5) is 0 Å². The van der Waals surface area contributed by atoms with E-state index in [1.54, 1.807) is 0 Å². The summed E-state index contributed by atoms with van der Waals surface area (Å²) in [5, 5.41) is 0. The maximum Gasteiger partial charge on any atom is 0.0450 e. The second-order valence-electron chi connectivity index (χ2n) is 6.10. The van der Waals surface area contributed by atoms with Crippen LogP contribution in [0.1, 0.15) is 51.6 Å². The number of hydrogen-bond donors (Lipinski definition) is 1. The fourth-order valence-electron chi connectivity index (χ4n) is 3.33. The normalized spacial score (nSPS) is 22.3. The van der Waals surface area contributed by atoms with Crippen molar-refractivity contribution in [3.05, 3.63) is 35.9 Å². The monoisotopic (exact) mass is 260 g/mol. The van der Waals surface area contributed by atoms with E-state index in [0.717, 1.165) is 0 Å². The van der Waals surface area contributed by atoms with Gasteiger partial charge in [-0.3, -0.25) is 4.90 Å². The number of nitrogens with two attached hydrogens (primary N) is 1. The molecule has 0 saturated carbocycles. The Balaban J connectivity index is 2.03. The van der Waals surface area contributed by atoms with Gasteiger partial charge in [-0.15, -0.1) is 0 Å². The molecule has 19 heavy (non-hydrogen) atoms. The lowest BCUT2D eigenvalue weighted by atomic mass is 9.82. The molecule has 2 atom stereocenters. The summed E-state index contributed by atoms with van der Waals surface area (Å²) in [6, 6.07) is 11.0. The van der Waals surface area contributed by atoms with Gasteiger partial charge in [-0.25, -0.2) is 0 Å². The van der Waals surface area contributed by atoms with E-state index in [1.807, 2.05) is 0 Å². The molecule has 0 spiro atoms. The average Bonchev–Trinajstić information content (AvgIpc) is 2.92. The van der Waals surface area contributed by atoms with E-state index in [2.05, 4.69) is 56.0 Å². The van der Waals surface area contributed by atoms with Crippen LogP contribution in [0.2, 0.25) is 0 Å². The highest BCUT2D eigenvalue weighted by Crippen LogP contribution is 2.38. The van der Waals surface area contributed by atoms with Gasteiger partial charge in [-0.1, -0.05) is 44.2 Å². The predicted molar refractivity (Wildman–Crippen MR) is 82.0 cm³/mol. The summed E-state index contributed by atoms with van der Waals surface area (Å²) in [6.45, 7) is 9.34. The van der Waals surface area contributed by atoms with Crippen molar-refractivity contribution in [2.45, 2.75) is 52.1 Å². The molecule has 2 rings (SSSR count). The molecular weight excluding hydrogens is 232 g/mol. The third-order valence-electron chi connectivity index (χ3n) is 5.25. The van der Waals surface area contributed by atoms with E-state index in [-0.39, 0.29) is 6.04 Å². The molecule has 1 fully saturated rings. The summed E-state index contributed by atoms with van der Waals surface area (Å²) in [4.78, 5) is 2.59. The molecule has 0 aliphatic carbocycles. The van der Waals surface area contributed by atoms with Crippen molar-refractivity contribution in [3.63, 3.8) is 0 Å². The van der Waals surface area contributed by atoms with Crippen LogP contribution in [0.25, 0.3) is 0 Å². The first-order chi connectivity index (χ1) is 9.12. The van der Waals surface area contributed by atoms with Gasteiger partial charge in [0.1, 0.15) is 0 Å². The van der Waals surface area contributed by atoms with Crippen LogP contribution < -0.4 is 5.73 Å². The van der Waals surface area contributed by atoms with Crippen LogP contribution in [-0.4, -0.2) is 24.0 Å². The van der Waals surface area contributed by atoms with Crippen LogP contribution in [0.5, 0.6) is 0 Å². The zero-order valence-electron chi connectivity index (χ0n) is 12.6. The third-order valence-corrected chi connectivity index (χ3v) is 5.25. The van der Waals surface area contributed by atoms with Gasteiger partial charge in [0.25, 0.3) is 0 Å². The molecule has 0 bridgehead atoms. The van der Waals surface area contributed by atoms with Crippen molar-refractivity contribution in [2.24, 2.45) is 11.1 Å². The lowest BCUT2D eigenvalue weighted by molar-refractivity contribution is 0.184. The number of benzene rings is 1. The fraction of sp³-hybridized carbons (Fsp3) is 0.647. The van der Waals surface area contributed by atoms with Crippen LogP contribution in [0.15, 0.2) is 30.3 Å². The minimum atomic E-state index is 0.116. The zero-order chi connectivity index (χ0) is 13.9. The molecule has 0 radical (unpaired) electrons. The molecule has 1 aromatic carbocycles. The Labute approximate surface area is 118 Å². The minimum Gasteiger partial charge on any atom is -0.323 e. The Morgan fingerprint density at radius 2 is 1.84 bits per heavy atom. The van der Waals surface area contributed by atoms with Gasteiger partial charge >= 0.3 is 0 Å². The van der Waals surface area contributed by atoms with E-state index in [9.17, 15) is 0 Å². The van der Waals surface area contributed by atoms with Crippen molar-refractivity contribution in [3.8, 4) is 0 Å². The molecule has 2 nitrogen and oxygen atoms in total. The third kappa shape index (κ3) is 3.01. The average molecular weight is 260 g/mol. The van der Waals surface area contributed by atoms with Crippen LogP contribution >= 0.6 is 0 Å². The molecule has 0 amide bonds. The van der Waals surface area contributed by atoms with Crippen molar-refractivity contribution in [1.29, 1.82) is 0 Å². The second-order valence-corrected chi connectivity index (χ2v) is 6.10. The Kier molecular flexibility index (Phi) is 4.64. The Hall–Kier alpha value is -0.860. The highest BCUT2D eigenvalue weighted by molar-refractivity contribution is 5.20. The quantitative estimate of drug-likeness (QED) is 0.876. The molecule has 2 N–H and O–H groups in total. The van der Waals surface area contributed by atoms with E-state index >= 15 is 0 Å². The molecule has 106 valence electrons. The van der Waals surface area contributed by atoms with Crippen molar-refractivity contribution in [2.75, 3.05) is 13.1 Å². The van der Waals surface area contributed by atoms with E-state index in [1.165, 1.54) is 37.9 Å². The number of rotatable bonds is 5. The van der Waals surface area contributed by atoms with Gasteiger partial charge in [0, 0.05) is 18.6 Å². The van der Waals surface area contributed by atoms with E-state index in [4.69, 9.17) is 5.73 Å². The first-order valence-electron chi connectivity index (χ1n) is 7.66. The summed E-state index contributed by atoms with van der Waals surface area (Å²) >= 11 is 0. The lowest BCUT2D eigenvalue weighted by Crippen LogP contribution is -2.40. The van der Waals surface area contributed by atoms with Gasteiger partial charge in [0.2, 0.25) is 0 Å². The first-order valence-corrected chi connectivity index (χ1v) is 7.66. The van der Waals surface area contributed by atoms with Gasteiger partial charge in [-0.05, 0) is 43.7 Å². The molecular formula is C17H28N2. The predicted octanol–water partition coefficient (Wildman–Crippen LogP) is 3.59. The standard InChI is InChI=1S/C17H28N2/c1-4-17(5-2)11-12-19(13-17)14(3)16(18)15-9-7-6-8-10-15/h6-10,14,16H,4-5,11-13,18H2,1-3H3. The lowest BCUT2D eigenvalue weighted by Gasteiger charge is -2.32. The SMILES string of the molecule is CCC1(CC)CCN(C(C)C(N)c2ccccc2)C1. The smallest absolute Gasteiger partial charge is 0.0450 e. The summed E-state index contributed by atoms with van der Waals surface area (Å²) < 4.78 is 0. The van der Waals surface area contributed by atoms with Crippen LogP contribution in [0, 0.1) is 5.41 Å². The van der Waals surface area contributed by atoms with E-state index < -0.39 is 0 Å². The topological polar surface area (TPSA) is 29.3 Å². The van der Waals surface area contributed by atoms with Crippen LogP contribution in [-0.2, 0) is 0 Å². The summed E-state index contributed by atoms with van der Waals surface area (Å²) in [7, 11) is 0. The number of likely N-dealkylation sites (tertiary alicyclic amines) is 1. The highest BCUT2D eigenvalue weighted by atomic mass is 15.2. The summed E-state index contributed by atoms with van der Waals surface area (Å²) in [5.74, 6) is 0. The Morgan fingerprint density at radius 3 is 2.37 bits per heavy atom. The summed E-state index contributed by atoms with van der Waals surface area (Å²) in [6.07, 6.45) is 3.90. The van der Waals surface area contributed by atoms with E-state index in [0.29, 0.717) is 11.5 Å². The fourth-order valence-corrected chi connectivity index (χ4v) is 3.33. The van der Waals surface area contributed by atoms with Gasteiger partial charge < -0.3 is 5.73 Å². The maximum absolute atomic E-state index is 6.45. The Morgan fingerprint density at radius 1 is 1.21 bits per heavy atom. The van der Waals surface area contributed by atoms with Crippen molar-refractivity contribution >= 4 is 0 Å². The largest absolute Gasteiger partial charge is 0.323 e. The first kappa shape index (κ1) is 14.5. The zero-order valence-corrected chi connectivity index (χ0v) is 12.6. The highest BCUT2D eigenvalue weighted by Gasteiger charge is 2.37. The second kappa shape index (κ2) is 6.06. The maximum atomic E-state index is 6.45. The summed E-state index contributed by atoms with van der Waals surface area (Å²) in [5.41, 5.74) is 8.23. The van der Waals surface area contributed by atoms with Crippen molar-refractivity contribution in [1.82, 2.24) is 4.90 Å². The van der Waals surface area contributed by atoms with Crippen molar-refractivity contribution < 1.29 is 0 Å². The molecule has 2 heteroatoms. The molecule has 1 saturated heterocycles. The molecule has 2 unspecified atom stereocenters. The van der Waals surface area contributed by atoms with Crippen LogP contribution in [0.3, 0.4) is 0 Å². The number of nitrogens with zero attached hydrogens (tertiary/aromatic N) is 1. The van der Waals surface area contributed by atoms with Gasteiger partial charge in [0.15, 0.2) is 0 Å². The van der Waals surface area contributed by atoms with Gasteiger partial charge in [0.05, 0.1) is 0 Å². The molecule has 1 aliphatic heterocycles. The molecule has 0 aromatic heterocycles. The number of hydrogen-bond acceptors (Lipinski definition) is 2. The van der Waals surface area contributed by atoms with Gasteiger partial charge in [-0.2, -0.15) is 0 Å². The molecule has 1 aromatic rings.